The Hall–Kier alpha value is -0.840. The number of hydrogen-bond donors (Lipinski definition) is 0. The molecule has 100 valence electrons. The lowest BCUT2D eigenvalue weighted by Crippen LogP contribution is -2.00. The molecule has 0 aliphatic heterocycles. The number of ketones is 1. The predicted molar refractivity (Wildman–Crippen MR) is 82.7 cm³/mol. The number of carbonyl (C=O) groups is 1. The number of rotatable bonds is 5. The zero-order valence-electron chi connectivity index (χ0n) is 10.3. The Morgan fingerprint density at radius 3 is 2.74 bits per heavy atom. The summed E-state index contributed by atoms with van der Waals surface area (Å²) in [5.41, 5.74) is 0.620. The van der Waals surface area contributed by atoms with E-state index in [-0.39, 0.29) is 5.78 Å². The van der Waals surface area contributed by atoms with Gasteiger partial charge in [0, 0.05) is 5.56 Å². The molecule has 5 heteroatoms. The largest absolute Gasteiger partial charge is 0.492 e. The summed E-state index contributed by atoms with van der Waals surface area (Å²) in [7, 11) is 0. The Morgan fingerprint density at radius 2 is 2.16 bits per heavy atom. The van der Waals surface area contributed by atoms with Crippen LogP contribution in [0.3, 0.4) is 0 Å². The highest BCUT2D eigenvalue weighted by molar-refractivity contribution is 9.10. The van der Waals surface area contributed by atoms with Crippen molar-refractivity contribution in [1.29, 1.82) is 0 Å². The van der Waals surface area contributed by atoms with Gasteiger partial charge >= 0.3 is 0 Å². The van der Waals surface area contributed by atoms with Crippen molar-refractivity contribution in [2.24, 2.45) is 0 Å². The first-order valence-electron chi connectivity index (χ1n) is 5.84. The van der Waals surface area contributed by atoms with Crippen LogP contribution in [-0.4, -0.2) is 12.4 Å². The molecule has 2 rings (SSSR count). The van der Waals surface area contributed by atoms with Gasteiger partial charge < -0.3 is 4.74 Å². The molecule has 19 heavy (non-hydrogen) atoms. The molecule has 1 aromatic heterocycles. The lowest BCUT2D eigenvalue weighted by Gasteiger charge is -2.08. The average Bonchev–Trinajstić information content (AvgIpc) is 2.83. The molecule has 0 bridgehead atoms. The first-order chi connectivity index (χ1) is 9.11. The van der Waals surface area contributed by atoms with E-state index in [1.165, 1.54) is 11.3 Å². The molecule has 0 atom stereocenters. The first-order valence-corrected chi connectivity index (χ1v) is 7.83. The third-order valence-electron chi connectivity index (χ3n) is 2.45. The molecule has 0 aliphatic carbocycles. The van der Waals surface area contributed by atoms with Crippen LogP contribution in [0.15, 0.2) is 34.8 Å². The third kappa shape index (κ3) is 3.59. The maximum atomic E-state index is 12.2. The monoisotopic (exact) mass is 358 g/mol. The molecule has 0 saturated carbocycles. The lowest BCUT2D eigenvalue weighted by molar-refractivity contribution is 0.104. The summed E-state index contributed by atoms with van der Waals surface area (Å²) < 4.78 is 6.96. The van der Waals surface area contributed by atoms with Crippen molar-refractivity contribution < 1.29 is 9.53 Å². The molecule has 1 heterocycles. The van der Waals surface area contributed by atoms with Crippen LogP contribution >= 0.6 is 38.9 Å². The van der Waals surface area contributed by atoms with E-state index >= 15 is 0 Å². The zero-order valence-corrected chi connectivity index (χ0v) is 13.4. The van der Waals surface area contributed by atoms with Crippen molar-refractivity contribution in [3.63, 3.8) is 0 Å². The lowest BCUT2D eigenvalue weighted by atomic mass is 10.1. The summed E-state index contributed by atoms with van der Waals surface area (Å²) in [5.74, 6) is 0.724. The number of ether oxygens (including phenoxy) is 1. The van der Waals surface area contributed by atoms with Crippen LogP contribution in [0.25, 0.3) is 0 Å². The summed E-state index contributed by atoms with van der Waals surface area (Å²) in [6, 6.07) is 8.83. The molecular formula is C14H12BrClO2S. The van der Waals surface area contributed by atoms with Crippen molar-refractivity contribution in [2.45, 2.75) is 13.3 Å². The quantitative estimate of drug-likeness (QED) is 0.687. The predicted octanol–water partition coefficient (Wildman–Crippen LogP) is 5.18. The highest BCUT2D eigenvalue weighted by atomic mass is 79.9. The Kier molecular flexibility index (Phi) is 5.02. The Balaban J connectivity index is 2.22. The maximum Gasteiger partial charge on any atom is 0.203 e. The maximum absolute atomic E-state index is 12.2. The smallest absolute Gasteiger partial charge is 0.203 e. The molecule has 0 spiro atoms. The topological polar surface area (TPSA) is 26.3 Å². The molecule has 0 saturated heterocycles. The van der Waals surface area contributed by atoms with Crippen LogP contribution in [-0.2, 0) is 0 Å². The molecule has 0 unspecified atom stereocenters. The van der Waals surface area contributed by atoms with Crippen molar-refractivity contribution in [1.82, 2.24) is 0 Å². The minimum absolute atomic E-state index is 0.0281. The minimum Gasteiger partial charge on any atom is -0.492 e. The van der Waals surface area contributed by atoms with Gasteiger partial charge in [-0.1, -0.05) is 18.5 Å². The summed E-state index contributed by atoms with van der Waals surface area (Å²) >= 11 is 10.6. The van der Waals surface area contributed by atoms with Gasteiger partial charge in [-0.3, -0.25) is 4.79 Å². The van der Waals surface area contributed by atoms with E-state index in [1.54, 1.807) is 24.3 Å². The van der Waals surface area contributed by atoms with Gasteiger partial charge in [0.25, 0.3) is 0 Å². The minimum atomic E-state index is -0.0281. The Morgan fingerprint density at radius 1 is 1.37 bits per heavy atom. The molecule has 2 nitrogen and oxygen atoms in total. The van der Waals surface area contributed by atoms with Crippen LogP contribution in [0.5, 0.6) is 5.75 Å². The summed E-state index contributed by atoms with van der Waals surface area (Å²) in [4.78, 5) is 12.9. The fourth-order valence-corrected chi connectivity index (χ4v) is 3.05. The zero-order chi connectivity index (χ0) is 13.8. The van der Waals surface area contributed by atoms with Crippen LogP contribution in [0.1, 0.15) is 28.6 Å². The molecule has 0 aliphatic rings. The molecule has 0 amide bonds. The first kappa shape index (κ1) is 14.6. The number of carbonyl (C=O) groups excluding carboxylic acids is 1. The van der Waals surface area contributed by atoms with Crippen molar-refractivity contribution in [3.05, 3.63) is 49.6 Å². The highest BCUT2D eigenvalue weighted by Crippen LogP contribution is 2.29. The van der Waals surface area contributed by atoms with E-state index in [9.17, 15) is 4.79 Å². The summed E-state index contributed by atoms with van der Waals surface area (Å²) in [6.07, 6.45) is 0.945. The molecule has 0 radical (unpaired) electrons. The SMILES string of the molecule is CCCOc1ccc(C(=O)c2ccc(Cl)s2)cc1Br. The number of thiophene rings is 1. The molecule has 2 aromatic rings. The third-order valence-corrected chi connectivity index (χ3v) is 4.30. The van der Waals surface area contributed by atoms with Gasteiger partial charge in [0.1, 0.15) is 5.75 Å². The fraction of sp³-hybridized carbons (Fsp3) is 0.214. The Bertz CT molecular complexity index is 595. The van der Waals surface area contributed by atoms with Crippen molar-refractivity contribution in [3.8, 4) is 5.75 Å². The number of hydrogen-bond acceptors (Lipinski definition) is 3. The van der Waals surface area contributed by atoms with Gasteiger partial charge in [-0.05, 0) is 52.7 Å². The van der Waals surface area contributed by atoms with E-state index in [0.717, 1.165) is 16.6 Å². The number of halogens is 2. The summed E-state index contributed by atoms with van der Waals surface area (Å²) in [5, 5.41) is 0. The molecular weight excluding hydrogens is 348 g/mol. The second-order valence-electron chi connectivity index (χ2n) is 3.93. The Labute approximate surface area is 129 Å². The molecule has 1 aromatic carbocycles. The van der Waals surface area contributed by atoms with Gasteiger partial charge in [-0.15, -0.1) is 11.3 Å². The molecule has 0 N–H and O–H groups in total. The van der Waals surface area contributed by atoms with Crippen LogP contribution in [0.2, 0.25) is 4.34 Å². The van der Waals surface area contributed by atoms with Gasteiger partial charge in [0.05, 0.1) is 20.3 Å². The van der Waals surface area contributed by atoms with Crippen molar-refractivity contribution >= 4 is 44.7 Å². The van der Waals surface area contributed by atoms with Gasteiger partial charge in [0.15, 0.2) is 0 Å². The van der Waals surface area contributed by atoms with Crippen molar-refractivity contribution in [2.75, 3.05) is 6.61 Å². The van der Waals surface area contributed by atoms with Gasteiger partial charge in [0.2, 0.25) is 5.78 Å². The van der Waals surface area contributed by atoms with Gasteiger partial charge in [-0.2, -0.15) is 0 Å². The van der Waals surface area contributed by atoms with E-state index in [1.807, 2.05) is 13.0 Å². The van der Waals surface area contributed by atoms with E-state index in [4.69, 9.17) is 16.3 Å². The standard InChI is InChI=1S/C14H12BrClO2S/c1-2-7-18-11-4-3-9(8-10(11)15)14(17)12-5-6-13(16)19-12/h3-6,8H,2,7H2,1H3. The fourth-order valence-electron chi connectivity index (χ4n) is 1.55. The number of benzene rings is 1. The highest BCUT2D eigenvalue weighted by Gasteiger charge is 2.13. The molecule has 0 fully saturated rings. The van der Waals surface area contributed by atoms with E-state index in [0.29, 0.717) is 21.4 Å². The summed E-state index contributed by atoms with van der Waals surface area (Å²) in [6.45, 7) is 2.71. The van der Waals surface area contributed by atoms with Crippen LogP contribution < -0.4 is 4.74 Å². The van der Waals surface area contributed by atoms with Crippen LogP contribution in [0, 0.1) is 0 Å². The second kappa shape index (κ2) is 6.55. The van der Waals surface area contributed by atoms with E-state index < -0.39 is 0 Å². The second-order valence-corrected chi connectivity index (χ2v) is 6.50. The van der Waals surface area contributed by atoms with Gasteiger partial charge in [-0.25, -0.2) is 0 Å². The van der Waals surface area contributed by atoms with Crippen LogP contribution in [0.4, 0.5) is 0 Å². The van der Waals surface area contributed by atoms with E-state index in [2.05, 4.69) is 15.9 Å². The average molecular weight is 360 g/mol. The normalized spacial score (nSPS) is 10.5.